The largest absolute Gasteiger partial charge is 0.504 e. The molecule has 0 spiro atoms. The fourth-order valence-electron chi connectivity index (χ4n) is 3.06. The average Bonchev–Trinajstić information content (AvgIpc) is 3.25. The summed E-state index contributed by atoms with van der Waals surface area (Å²) >= 11 is 1.44. The Kier molecular flexibility index (Phi) is 5.89. The number of H-pyrrole nitrogens is 1. The number of carbonyl (C=O) groups excluding carboxylic acids is 1. The van der Waals surface area contributed by atoms with Gasteiger partial charge in [-0.25, -0.2) is 9.97 Å². The number of phenols is 1. The van der Waals surface area contributed by atoms with Crippen molar-refractivity contribution in [1.82, 2.24) is 25.3 Å². The number of anilines is 1. The Hall–Kier alpha value is -3.79. The summed E-state index contributed by atoms with van der Waals surface area (Å²) in [5, 5.41) is 13.5. The van der Waals surface area contributed by atoms with E-state index in [-0.39, 0.29) is 29.4 Å². The van der Waals surface area contributed by atoms with E-state index in [0.29, 0.717) is 27.5 Å². The lowest BCUT2D eigenvalue weighted by molar-refractivity contribution is 0.0940. The van der Waals surface area contributed by atoms with Crippen LogP contribution in [0.25, 0.3) is 11.2 Å². The lowest BCUT2D eigenvalue weighted by Gasteiger charge is -2.19. The van der Waals surface area contributed by atoms with Crippen LogP contribution in [-0.4, -0.2) is 43.8 Å². The molecule has 10 heteroatoms. The van der Waals surface area contributed by atoms with Crippen molar-refractivity contribution in [3.8, 4) is 11.5 Å². The number of carbonyl (C=O) groups is 1. The van der Waals surface area contributed by atoms with Crippen molar-refractivity contribution in [3.63, 3.8) is 0 Å². The van der Waals surface area contributed by atoms with Gasteiger partial charge in [0, 0.05) is 11.3 Å². The summed E-state index contributed by atoms with van der Waals surface area (Å²) in [4.78, 5) is 28.5. The quantitative estimate of drug-likeness (QED) is 0.256. The molecule has 0 bridgehead atoms. The van der Waals surface area contributed by atoms with E-state index in [2.05, 4.69) is 25.3 Å². The van der Waals surface area contributed by atoms with Gasteiger partial charge in [-0.3, -0.25) is 4.79 Å². The predicted octanol–water partition coefficient (Wildman–Crippen LogP) is 2.91. The van der Waals surface area contributed by atoms with E-state index in [4.69, 9.17) is 10.5 Å². The number of amides is 1. The predicted molar refractivity (Wildman–Crippen MR) is 118 cm³/mol. The number of aromatic nitrogens is 4. The highest BCUT2D eigenvalue weighted by Gasteiger charge is 2.19. The first-order chi connectivity index (χ1) is 15.0. The van der Waals surface area contributed by atoms with E-state index in [0.717, 1.165) is 5.56 Å². The second kappa shape index (κ2) is 8.92. The Balaban J connectivity index is 1.58. The first-order valence-electron chi connectivity index (χ1n) is 9.37. The third-order valence-electron chi connectivity index (χ3n) is 4.61. The summed E-state index contributed by atoms with van der Waals surface area (Å²) in [6, 6.07) is 13.8. The minimum absolute atomic E-state index is 0.0286. The highest BCUT2D eigenvalue weighted by atomic mass is 32.2. The number of thioether (sulfide) groups is 1. The van der Waals surface area contributed by atoms with Gasteiger partial charge in [-0.1, -0.05) is 30.3 Å². The van der Waals surface area contributed by atoms with Gasteiger partial charge in [-0.2, -0.15) is 4.98 Å². The summed E-state index contributed by atoms with van der Waals surface area (Å²) in [6.07, 6.45) is 1.54. The Bertz CT molecular complexity index is 1210. The molecular weight excluding hydrogens is 416 g/mol. The van der Waals surface area contributed by atoms with Crippen molar-refractivity contribution in [2.24, 2.45) is 0 Å². The number of imidazole rings is 1. The second-order valence-electron chi connectivity index (χ2n) is 6.62. The van der Waals surface area contributed by atoms with Crippen molar-refractivity contribution < 1.29 is 14.6 Å². The first-order valence-corrected chi connectivity index (χ1v) is 10.4. The molecule has 0 saturated carbocycles. The molecule has 2 aromatic carbocycles. The molecule has 1 amide bonds. The number of fused-ring (bicyclic) bond motifs is 1. The number of hydrogen-bond acceptors (Lipinski definition) is 8. The van der Waals surface area contributed by atoms with Crippen LogP contribution < -0.4 is 15.8 Å². The van der Waals surface area contributed by atoms with Crippen LogP contribution in [0.1, 0.15) is 22.0 Å². The zero-order chi connectivity index (χ0) is 21.8. The summed E-state index contributed by atoms with van der Waals surface area (Å²) in [7, 11) is 1.43. The first kappa shape index (κ1) is 20.5. The molecule has 0 fully saturated rings. The molecule has 0 saturated heterocycles. The van der Waals surface area contributed by atoms with Crippen LogP contribution in [0.3, 0.4) is 0 Å². The Morgan fingerprint density at radius 2 is 2.06 bits per heavy atom. The summed E-state index contributed by atoms with van der Waals surface area (Å²) in [5.41, 5.74) is 8.31. The fourth-order valence-corrected chi connectivity index (χ4v) is 4.11. The average molecular weight is 436 g/mol. The van der Waals surface area contributed by atoms with Crippen LogP contribution in [0.15, 0.2) is 59.9 Å². The van der Waals surface area contributed by atoms with Gasteiger partial charge < -0.3 is 25.9 Å². The van der Waals surface area contributed by atoms with Crippen molar-refractivity contribution in [1.29, 1.82) is 0 Å². The highest BCUT2D eigenvalue weighted by molar-refractivity contribution is 7.99. The topological polar surface area (TPSA) is 139 Å². The summed E-state index contributed by atoms with van der Waals surface area (Å²) in [5.74, 6) is 0.547. The van der Waals surface area contributed by atoms with Gasteiger partial charge >= 0.3 is 0 Å². The smallest absolute Gasteiger partial charge is 0.251 e. The molecule has 2 aromatic heterocycles. The lowest BCUT2D eigenvalue weighted by Crippen LogP contribution is -2.30. The monoisotopic (exact) mass is 436 g/mol. The number of nitrogens with two attached hydrogens (primary N) is 1. The normalized spacial score (nSPS) is 11.9. The van der Waals surface area contributed by atoms with Crippen LogP contribution in [-0.2, 0) is 0 Å². The molecule has 5 N–H and O–H groups in total. The molecule has 9 nitrogen and oxygen atoms in total. The van der Waals surface area contributed by atoms with Crippen molar-refractivity contribution in [2.75, 3.05) is 18.6 Å². The third kappa shape index (κ3) is 4.53. The van der Waals surface area contributed by atoms with Crippen molar-refractivity contribution in [3.05, 3.63) is 66.0 Å². The third-order valence-corrected chi connectivity index (χ3v) is 5.67. The van der Waals surface area contributed by atoms with E-state index >= 15 is 0 Å². The van der Waals surface area contributed by atoms with Crippen LogP contribution in [0.4, 0.5) is 5.95 Å². The van der Waals surface area contributed by atoms with Gasteiger partial charge in [-0.15, -0.1) is 11.8 Å². The molecule has 31 heavy (non-hydrogen) atoms. The zero-order valence-electron chi connectivity index (χ0n) is 16.6. The maximum atomic E-state index is 12.9. The van der Waals surface area contributed by atoms with Crippen LogP contribution in [0, 0.1) is 0 Å². The van der Waals surface area contributed by atoms with Crippen LogP contribution in [0.2, 0.25) is 0 Å². The zero-order valence-corrected chi connectivity index (χ0v) is 17.4. The molecular formula is C21H20N6O3S. The van der Waals surface area contributed by atoms with E-state index in [1.165, 1.54) is 37.3 Å². The minimum Gasteiger partial charge on any atom is -0.504 e. The molecule has 1 atom stereocenters. The molecule has 2 heterocycles. The van der Waals surface area contributed by atoms with Crippen LogP contribution in [0.5, 0.6) is 11.5 Å². The Morgan fingerprint density at radius 1 is 1.26 bits per heavy atom. The standard InChI is InChI=1S/C21H20N6O3S/c1-30-16-9-13(7-8-15(16)28)19(29)25-14(12-5-3-2-4-6-12)10-31-20-17-18(24-11-23-17)26-21(22)27-20/h2-9,11,14,28H,10H2,1H3,(H,25,29)(H3,22,23,24,26,27)/t14-/m0/s1. The fraction of sp³-hybridized carbons (Fsp3) is 0.143. The number of rotatable bonds is 7. The van der Waals surface area contributed by atoms with Crippen LogP contribution >= 0.6 is 11.8 Å². The number of aromatic amines is 1. The highest BCUT2D eigenvalue weighted by Crippen LogP contribution is 2.29. The maximum absolute atomic E-state index is 12.9. The number of nitrogen functional groups attached to an aromatic ring is 1. The molecule has 0 aliphatic heterocycles. The molecule has 4 aromatic rings. The number of phenolic OH excluding ortho intramolecular Hbond substituents is 1. The molecule has 0 aliphatic rings. The summed E-state index contributed by atoms with van der Waals surface area (Å²) < 4.78 is 5.11. The van der Waals surface area contributed by atoms with Gasteiger partial charge in [0.25, 0.3) is 5.91 Å². The Labute approximate surface area is 182 Å². The number of nitrogens with one attached hydrogen (secondary N) is 2. The van der Waals surface area contributed by atoms with E-state index in [1.807, 2.05) is 30.3 Å². The molecule has 0 radical (unpaired) electrons. The number of hydrogen-bond donors (Lipinski definition) is 4. The molecule has 0 aliphatic carbocycles. The van der Waals surface area contributed by atoms with Gasteiger partial charge in [0.05, 0.1) is 19.5 Å². The van der Waals surface area contributed by atoms with Gasteiger partial charge in [0.2, 0.25) is 5.95 Å². The SMILES string of the molecule is COc1cc(C(=O)N[C@@H](CSc2nc(N)nc3nc[nH]c23)c2ccccc2)ccc1O. The Morgan fingerprint density at radius 3 is 2.84 bits per heavy atom. The van der Waals surface area contributed by atoms with E-state index in [9.17, 15) is 9.90 Å². The summed E-state index contributed by atoms with van der Waals surface area (Å²) in [6.45, 7) is 0. The molecule has 4 rings (SSSR count). The lowest BCUT2D eigenvalue weighted by atomic mass is 10.1. The minimum atomic E-state index is -0.312. The number of methoxy groups -OCH3 is 1. The van der Waals surface area contributed by atoms with Gasteiger partial charge in [0.15, 0.2) is 17.1 Å². The molecule has 158 valence electrons. The van der Waals surface area contributed by atoms with Gasteiger partial charge in [-0.05, 0) is 23.8 Å². The van der Waals surface area contributed by atoms with E-state index < -0.39 is 0 Å². The van der Waals surface area contributed by atoms with Crippen molar-refractivity contribution in [2.45, 2.75) is 11.1 Å². The number of nitrogens with zero attached hydrogens (tertiary/aromatic N) is 3. The second-order valence-corrected chi connectivity index (χ2v) is 7.63. The number of aromatic hydroxyl groups is 1. The molecule has 0 unspecified atom stereocenters. The van der Waals surface area contributed by atoms with Crippen molar-refractivity contribution >= 4 is 34.8 Å². The number of ether oxygens (including phenoxy) is 1. The number of benzene rings is 2. The maximum Gasteiger partial charge on any atom is 0.251 e. The van der Waals surface area contributed by atoms with E-state index in [1.54, 1.807) is 6.07 Å². The van der Waals surface area contributed by atoms with Gasteiger partial charge in [0.1, 0.15) is 10.5 Å².